The number of carbonyl (C=O) groups is 1. The number of hydrogen-bond acceptors (Lipinski definition) is 6. The summed E-state index contributed by atoms with van der Waals surface area (Å²) >= 11 is 0. The summed E-state index contributed by atoms with van der Waals surface area (Å²) in [6, 6.07) is 19.9. The van der Waals surface area contributed by atoms with E-state index in [1.165, 1.54) is 13.2 Å². The molecule has 0 aliphatic carbocycles. The molecule has 4 aromatic rings. The molecule has 0 bridgehead atoms. The number of aromatic nitrogens is 2. The van der Waals surface area contributed by atoms with Crippen LogP contribution in [0.1, 0.15) is 5.56 Å². The molecule has 2 aromatic heterocycles. The van der Waals surface area contributed by atoms with Crippen LogP contribution in [0.3, 0.4) is 0 Å². The van der Waals surface area contributed by atoms with Gasteiger partial charge in [0, 0.05) is 17.1 Å². The molecule has 7 nitrogen and oxygen atoms in total. The lowest BCUT2D eigenvalue weighted by Gasteiger charge is -2.02. The first-order chi connectivity index (χ1) is 14.6. The number of carbonyl (C=O) groups excluding carboxylic acids is 1. The highest BCUT2D eigenvalue weighted by molar-refractivity contribution is 5.98. The van der Waals surface area contributed by atoms with Gasteiger partial charge in [0.05, 0.1) is 18.4 Å². The van der Waals surface area contributed by atoms with Gasteiger partial charge in [0.25, 0.3) is 0 Å². The first kappa shape index (κ1) is 18.9. The van der Waals surface area contributed by atoms with Crippen LogP contribution in [0, 0.1) is 11.3 Å². The Labute approximate surface area is 171 Å². The van der Waals surface area contributed by atoms with E-state index in [0.29, 0.717) is 11.1 Å². The van der Waals surface area contributed by atoms with E-state index < -0.39 is 11.6 Å². The molecule has 0 unspecified atom stereocenters. The molecular formula is C23H15N3O4. The molecule has 2 heterocycles. The summed E-state index contributed by atoms with van der Waals surface area (Å²) in [7, 11) is 1.19. The average Bonchev–Trinajstić information content (AvgIpc) is 3.20. The Hall–Kier alpha value is -4.44. The molecule has 0 saturated carbocycles. The first-order valence-corrected chi connectivity index (χ1v) is 8.99. The fraction of sp³-hybridized carbons (Fsp3) is 0.0435. The SMILES string of the molecule is COC(=O)C(C#N)=Cc1cn(-c2ccccc2)nc1-c1cc2ccccc2oc1=O. The number of methoxy groups -OCH3 is 1. The van der Waals surface area contributed by atoms with Gasteiger partial charge in [0.15, 0.2) is 0 Å². The van der Waals surface area contributed by atoms with Gasteiger partial charge < -0.3 is 9.15 Å². The molecule has 0 N–H and O–H groups in total. The van der Waals surface area contributed by atoms with Crippen molar-refractivity contribution in [1.29, 1.82) is 5.26 Å². The maximum Gasteiger partial charge on any atom is 0.348 e. The zero-order chi connectivity index (χ0) is 21.1. The van der Waals surface area contributed by atoms with Crippen molar-refractivity contribution in [2.75, 3.05) is 7.11 Å². The first-order valence-electron chi connectivity index (χ1n) is 8.99. The molecule has 0 aliphatic heterocycles. The Morgan fingerprint density at radius 2 is 1.90 bits per heavy atom. The number of nitrogens with zero attached hydrogens (tertiary/aromatic N) is 3. The molecule has 4 rings (SSSR count). The van der Waals surface area contributed by atoms with Crippen LogP contribution >= 0.6 is 0 Å². The summed E-state index contributed by atoms with van der Waals surface area (Å²) in [5, 5.41) is 14.6. The molecular weight excluding hydrogens is 382 g/mol. The summed E-state index contributed by atoms with van der Waals surface area (Å²) in [4.78, 5) is 24.6. The minimum Gasteiger partial charge on any atom is -0.465 e. The van der Waals surface area contributed by atoms with Crippen LogP contribution in [0.4, 0.5) is 0 Å². The molecule has 7 heteroatoms. The smallest absolute Gasteiger partial charge is 0.348 e. The summed E-state index contributed by atoms with van der Waals surface area (Å²) in [5.41, 5.74) is 1.34. The number of esters is 1. The number of fused-ring (bicyclic) bond motifs is 1. The second-order valence-electron chi connectivity index (χ2n) is 6.36. The highest BCUT2D eigenvalue weighted by atomic mass is 16.5. The molecule has 146 valence electrons. The second-order valence-corrected chi connectivity index (χ2v) is 6.36. The molecule has 0 radical (unpaired) electrons. The lowest BCUT2D eigenvalue weighted by atomic mass is 10.1. The summed E-state index contributed by atoms with van der Waals surface area (Å²) in [6.45, 7) is 0. The highest BCUT2D eigenvalue weighted by Gasteiger charge is 2.18. The van der Waals surface area contributed by atoms with Gasteiger partial charge in [-0.15, -0.1) is 0 Å². The molecule has 0 aliphatic rings. The Balaban J connectivity index is 1.97. The third-order valence-electron chi connectivity index (χ3n) is 4.49. The quantitative estimate of drug-likeness (QED) is 0.225. The predicted molar refractivity (Wildman–Crippen MR) is 111 cm³/mol. The van der Waals surface area contributed by atoms with Gasteiger partial charge in [-0.1, -0.05) is 36.4 Å². The van der Waals surface area contributed by atoms with Crippen molar-refractivity contribution in [2.45, 2.75) is 0 Å². The van der Waals surface area contributed by atoms with Crippen LogP contribution < -0.4 is 5.63 Å². The van der Waals surface area contributed by atoms with E-state index in [2.05, 4.69) is 9.84 Å². The molecule has 0 amide bonds. The van der Waals surface area contributed by atoms with Crippen LogP contribution in [0.15, 0.2) is 81.6 Å². The van der Waals surface area contributed by atoms with Crippen LogP contribution in [0.5, 0.6) is 0 Å². The van der Waals surface area contributed by atoms with E-state index in [-0.39, 0.29) is 16.8 Å². The van der Waals surface area contributed by atoms with Gasteiger partial charge in [-0.25, -0.2) is 14.3 Å². The third kappa shape index (κ3) is 3.50. The van der Waals surface area contributed by atoms with Gasteiger partial charge in [-0.05, 0) is 30.3 Å². The van der Waals surface area contributed by atoms with Gasteiger partial charge >= 0.3 is 11.6 Å². The normalized spacial score (nSPS) is 11.3. The van der Waals surface area contributed by atoms with Crippen molar-refractivity contribution in [3.63, 3.8) is 0 Å². The zero-order valence-corrected chi connectivity index (χ0v) is 15.9. The predicted octanol–water partition coefficient (Wildman–Crippen LogP) is 3.73. The summed E-state index contributed by atoms with van der Waals surface area (Å²) in [5.74, 6) is -0.776. The van der Waals surface area contributed by atoms with Crippen LogP contribution in [0.2, 0.25) is 0 Å². The fourth-order valence-corrected chi connectivity index (χ4v) is 3.04. The molecule has 0 spiro atoms. The Bertz CT molecular complexity index is 1380. The number of rotatable bonds is 4. The fourth-order valence-electron chi connectivity index (χ4n) is 3.04. The van der Waals surface area contributed by atoms with Crippen LogP contribution in [-0.4, -0.2) is 22.9 Å². The maximum atomic E-state index is 12.7. The van der Waals surface area contributed by atoms with Crippen molar-refractivity contribution >= 4 is 23.0 Å². The largest absolute Gasteiger partial charge is 0.465 e. The van der Waals surface area contributed by atoms with E-state index in [1.54, 1.807) is 29.1 Å². The van der Waals surface area contributed by atoms with Gasteiger partial charge in [-0.2, -0.15) is 10.4 Å². The van der Waals surface area contributed by atoms with Crippen molar-refractivity contribution in [3.8, 4) is 23.0 Å². The van der Waals surface area contributed by atoms with E-state index >= 15 is 0 Å². The topological polar surface area (TPSA) is 98.1 Å². The molecule has 30 heavy (non-hydrogen) atoms. The molecule has 0 saturated heterocycles. The van der Waals surface area contributed by atoms with Gasteiger partial charge in [0.2, 0.25) is 0 Å². The Morgan fingerprint density at radius 1 is 1.17 bits per heavy atom. The average molecular weight is 397 g/mol. The van der Waals surface area contributed by atoms with Crippen molar-refractivity contribution < 1.29 is 13.9 Å². The zero-order valence-electron chi connectivity index (χ0n) is 15.9. The monoisotopic (exact) mass is 397 g/mol. The minimum atomic E-state index is -0.776. The number of hydrogen-bond donors (Lipinski definition) is 0. The third-order valence-corrected chi connectivity index (χ3v) is 4.49. The van der Waals surface area contributed by atoms with Crippen LogP contribution in [-0.2, 0) is 9.53 Å². The standard InChI is InChI=1S/C23H15N3O4/c1-29-22(27)16(13-24)11-17-14-26(18-8-3-2-4-9-18)25-21(17)19-12-15-7-5-6-10-20(15)30-23(19)28/h2-12,14H,1H3. The number of benzene rings is 2. The lowest BCUT2D eigenvalue weighted by Crippen LogP contribution is -2.05. The minimum absolute atomic E-state index is 0.212. The number of para-hydroxylation sites is 2. The van der Waals surface area contributed by atoms with E-state index in [4.69, 9.17) is 4.42 Å². The molecule has 0 atom stereocenters. The van der Waals surface area contributed by atoms with Crippen molar-refractivity contribution in [2.24, 2.45) is 0 Å². The highest BCUT2D eigenvalue weighted by Crippen LogP contribution is 2.26. The Morgan fingerprint density at radius 3 is 2.63 bits per heavy atom. The van der Waals surface area contributed by atoms with E-state index in [0.717, 1.165) is 11.1 Å². The molecule has 2 aromatic carbocycles. The molecule has 0 fully saturated rings. The van der Waals surface area contributed by atoms with E-state index in [9.17, 15) is 14.9 Å². The van der Waals surface area contributed by atoms with Crippen molar-refractivity contribution in [1.82, 2.24) is 9.78 Å². The van der Waals surface area contributed by atoms with E-state index in [1.807, 2.05) is 48.5 Å². The number of nitriles is 1. The lowest BCUT2D eigenvalue weighted by molar-refractivity contribution is -0.135. The van der Waals surface area contributed by atoms with Gasteiger partial charge in [0.1, 0.15) is 22.9 Å². The number of ether oxygens (including phenoxy) is 1. The van der Waals surface area contributed by atoms with Gasteiger partial charge in [-0.3, -0.25) is 0 Å². The summed E-state index contributed by atoms with van der Waals surface area (Å²) in [6.07, 6.45) is 2.99. The Kier molecular flexibility index (Phi) is 4.97. The maximum absolute atomic E-state index is 12.7. The van der Waals surface area contributed by atoms with Crippen LogP contribution in [0.25, 0.3) is 34.0 Å². The van der Waals surface area contributed by atoms with Crippen molar-refractivity contribution in [3.05, 3.63) is 88.4 Å². The summed E-state index contributed by atoms with van der Waals surface area (Å²) < 4.78 is 11.7. The second kappa shape index (κ2) is 7.89.